The Morgan fingerprint density at radius 1 is 1.36 bits per heavy atom. The van der Waals surface area contributed by atoms with Crippen LogP contribution in [-0.2, 0) is 13.1 Å². The number of carbonyl (C=O) groups excluding carboxylic acids is 1. The zero-order valence-corrected chi connectivity index (χ0v) is 13.2. The number of urea groups is 1. The molecule has 2 heterocycles. The van der Waals surface area contributed by atoms with Gasteiger partial charge in [0.15, 0.2) is 0 Å². The maximum atomic E-state index is 12.0. The summed E-state index contributed by atoms with van der Waals surface area (Å²) >= 11 is 0. The van der Waals surface area contributed by atoms with E-state index in [2.05, 4.69) is 20.7 Å². The summed E-state index contributed by atoms with van der Waals surface area (Å²) in [4.78, 5) is 18.2. The number of rotatable bonds is 6. The third-order valence-electron chi connectivity index (χ3n) is 3.13. The minimum absolute atomic E-state index is 0.0119. The first kappa shape index (κ1) is 15.8. The van der Waals surface area contributed by atoms with Crippen LogP contribution in [0.5, 0.6) is 0 Å². The highest BCUT2D eigenvalue weighted by molar-refractivity contribution is 5.74. The second-order valence-electron chi connectivity index (χ2n) is 5.34. The number of amides is 2. The normalized spacial score (nSPS) is 11.8. The number of anilines is 1. The summed E-state index contributed by atoms with van der Waals surface area (Å²) in [6, 6.07) is 5.46. The molecule has 0 unspecified atom stereocenters. The van der Waals surface area contributed by atoms with Gasteiger partial charge >= 0.3 is 6.03 Å². The Morgan fingerprint density at radius 2 is 2.18 bits per heavy atom. The fourth-order valence-electron chi connectivity index (χ4n) is 2.16. The molecule has 0 radical (unpaired) electrons. The van der Waals surface area contributed by atoms with E-state index in [0.29, 0.717) is 13.1 Å². The van der Waals surface area contributed by atoms with Crippen LogP contribution in [0.4, 0.5) is 10.6 Å². The predicted octanol–water partition coefficient (Wildman–Crippen LogP) is 1.23. The van der Waals surface area contributed by atoms with E-state index in [-0.39, 0.29) is 12.1 Å². The third kappa shape index (κ3) is 4.47. The maximum Gasteiger partial charge on any atom is 0.315 e. The quantitative estimate of drug-likeness (QED) is 0.841. The maximum absolute atomic E-state index is 12.0. The van der Waals surface area contributed by atoms with Gasteiger partial charge in [0, 0.05) is 50.8 Å². The summed E-state index contributed by atoms with van der Waals surface area (Å²) < 4.78 is 1.79. The molecule has 0 spiro atoms. The van der Waals surface area contributed by atoms with Crippen LogP contribution in [0.15, 0.2) is 36.8 Å². The van der Waals surface area contributed by atoms with Crippen molar-refractivity contribution in [2.75, 3.05) is 19.0 Å². The van der Waals surface area contributed by atoms with E-state index >= 15 is 0 Å². The van der Waals surface area contributed by atoms with Crippen LogP contribution in [0.2, 0.25) is 0 Å². The van der Waals surface area contributed by atoms with Crippen molar-refractivity contribution in [3.05, 3.63) is 42.4 Å². The lowest BCUT2D eigenvalue weighted by atomic mass is 10.2. The lowest BCUT2D eigenvalue weighted by molar-refractivity contribution is 0.235. The number of pyridine rings is 1. The molecule has 7 nitrogen and oxygen atoms in total. The van der Waals surface area contributed by atoms with E-state index in [4.69, 9.17) is 0 Å². The van der Waals surface area contributed by atoms with Crippen LogP contribution in [0.1, 0.15) is 12.5 Å². The molecule has 118 valence electrons. The number of hydrogen-bond acceptors (Lipinski definition) is 4. The molecule has 0 saturated carbocycles. The molecule has 0 aliphatic heterocycles. The number of carbonyl (C=O) groups is 1. The van der Waals surface area contributed by atoms with Crippen LogP contribution in [-0.4, -0.2) is 40.9 Å². The van der Waals surface area contributed by atoms with E-state index < -0.39 is 0 Å². The van der Waals surface area contributed by atoms with E-state index in [1.165, 1.54) is 0 Å². The summed E-state index contributed by atoms with van der Waals surface area (Å²) in [6.45, 7) is 3.01. The largest absolute Gasteiger partial charge is 0.362 e. The number of nitrogens with one attached hydrogen (secondary N) is 2. The Bertz CT molecular complexity index is 596. The Balaban J connectivity index is 1.83. The first-order chi connectivity index (χ1) is 10.6. The second kappa shape index (κ2) is 7.44. The molecular weight excluding hydrogens is 280 g/mol. The van der Waals surface area contributed by atoms with E-state index in [1.807, 2.05) is 50.3 Å². The molecule has 1 atom stereocenters. The van der Waals surface area contributed by atoms with Crippen molar-refractivity contribution in [3.63, 3.8) is 0 Å². The van der Waals surface area contributed by atoms with Gasteiger partial charge < -0.3 is 15.5 Å². The molecule has 0 fully saturated rings. The van der Waals surface area contributed by atoms with Crippen molar-refractivity contribution in [1.29, 1.82) is 0 Å². The van der Waals surface area contributed by atoms with Gasteiger partial charge in [-0.25, -0.2) is 9.78 Å². The monoisotopic (exact) mass is 302 g/mol. The molecule has 22 heavy (non-hydrogen) atoms. The van der Waals surface area contributed by atoms with Crippen molar-refractivity contribution in [1.82, 2.24) is 25.4 Å². The van der Waals surface area contributed by atoms with Gasteiger partial charge in [-0.2, -0.15) is 5.10 Å². The van der Waals surface area contributed by atoms with E-state index in [0.717, 1.165) is 11.4 Å². The predicted molar refractivity (Wildman–Crippen MR) is 85.6 cm³/mol. The van der Waals surface area contributed by atoms with Crippen molar-refractivity contribution in [2.45, 2.75) is 26.1 Å². The first-order valence-electron chi connectivity index (χ1n) is 7.19. The average Bonchev–Trinajstić information content (AvgIpc) is 2.98. The lowest BCUT2D eigenvalue weighted by Gasteiger charge is -2.17. The smallest absolute Gasteiger partial charge is 0.315 e. The molecule has 0 aliphatic rings. The summed E-state index contributed by atoms with van der Waals surface area (Å²) in [7, 11) is 3.86. The minimum Gasteiger partial charge on any atom is -0.362 e. The van der Waals surface area contributed by atoms with Crippen molar-refractivity contribution >= 4 is 11.8 Å². The van der Waals surface area contributed by atoms with Gasteiger partial charge in [-0.05, 0) is 19.1 Å². The molecule has 0 aliphatic carbocycles. The molecule has 0 aromatic carbocycles. The van der Waals surface area contributed by atoms with Crippen LogP contribution >= 0.6 is 0 Å². The number of hydrogen-bond donors (Lipinski definition) is 2. The molecule has 2 rings (SSSR count). The fraction of sp³-hybridized carbons (Fsp3) is 0.400. The van der Waals surface area contributed by atoms with Gasteiger partial charge in [0.2, 0.25) is 0 Å². The Morgan fingerprint density at radius 3 is 2.86 bits per heavy atom. The molecule has 2 aromatic heterocycles. The van der Waals surface area contributed by atoms with Gasteiger partial charge in [0.1, 0.15) is 5.82 Å². The highest BCUT2D eigenvalue weighted by atomic mass is 16.2. The standard InChI is InChI=1S/C15H22N6O/c1-12(11-21-9-5-8-18-21)19-15(22)17-10-13-6-4-7-16-14(13)20(2)3/h4-9,12H,10-11H2,1-3H3,(H2,17,19,22)/t12-/m1/s1. The van der Waals surface area contributed by atoms with Crippen LogP contribution in [0.25, 0.3) is 0 Å². The Labute approximate surface area is 130 Å². The highest BCUT2D eigenvalue weighted by Gasteiger charge is 2.10. The molecule has 2 N–H and O–H groups in total. The van der Waals surface area contributed by atoms with Gasteiger partial charge in [0.05, 0.1) is 6.54 Å². The number of aromatic nitrogens is 3. The second-order valence-corrected chi connectivity index (χ2v) is 5.34. The summed E-state index contributed by atoms with van der Waals surface area (Å²) in [5, 5.41) is 9.87. The zero-order chi connectivity index (χ0) is 15.9. The topological polar surface area (TPSA) is 75.1 Å². The van der Waals surface area contributed by atoms with Gasteiger partial charge in [0.25, 0.3) is 0 Å². The molecule has 2 amide bonds. The highest BCUT2D eigenvalue weighted by Crippen LogP contribution is 2.13. The van der Waals surface area contributed by atoms with Crippen LogP contribution in [0, 0.1) is 0 Å². The van der Waals surface area contributed by atoms with E-state index in [9.17, 15) is 4.79 Å². The minimum atomic E-state index is -0.201. The fourth-order valence-corrected chi connectivity index (χ4v) is 2.16. The average molecular weight is 302 g/mol. The summed E-state index contributed by atoms with van der Waals surface area (Å²) in [6.07, 6.45) is 5.33. The molecule has 7 heteroatoms. The SMILES string of the molecule is C[C@H](Cn1cccn1)NC(=O)NCc1cccnc1N(C)C. The summed E-state index contributed by atoms with van der Waals surface area (Å²) in [5.41, 5.74) is 0.974. The molecule has 0 bridgehead atoms. The van der Waals surface area contributed by atoms with E-state index in [1.54, 1.807) is 17.1 Å². The van der Waals surface area contributed by atoms with Gasteiger partial charge in [-0.15, -0.1) is 0 Å². The van der Waals surface area contributed by atoms with Crippen molar-refractivity contribution in [3.8, 4) is 0 Å². The first-order valence-corrected chi connectivity index (χ1v) is 7.19. The summed E-state index contributed by atoms with van der Waals surface area (Å²) in [5.74, 6) is 0.854. The van der Waals surface area contributed by atoms with Gasteiger partial charge in [-0.1, -0.05) is 6.07 Å². The van der Waals surface area contributed by atoms with Crippen molar-refractivity contribution in [2.24, 2.45) is 0 Å². The molecule has 0 saturated heterocycles. The van der Waals surface area contributed by atoms with Crippen LogP contribution in [0.3, 0.4) is 0 Å². The molecule has 2 aromatic rings. The lowest BCUT2D eigenvalue weighted by Crippen LogP contribution is -2.42. The zero-order valence-electron chi connectivity index (χ0n) is 13.2. The Kier molecular flexibility index (Phi) is 5.35. The van der Waals surface area contributed by atoms with Gasteiger partial charge in [-0.3, -0.25) is 4.68 Å². The molecular formula is C15H22N6O. The Hall–Kier alpha value is -2.57. The number of nitrogens with zero attached hydrogens (tertiary/aromatic N) is 4. The van der Waals surface area contributed by atoms with Crippen LogP contribution < -0.4 is 15.5 Å². The van der Waals surface area contributed by atoms with Crippen molar-refractivity contribution < 1.29 is 4.79 Å². The third-order valence-corrected chi connectivity index (χ3v) is 3.13.